The number of methoxy groups -OCH3 is 2. The fourth-order valence-electron chi connectivity index (χ4n) is 5.99. The Morgan fingerprint density at radius 2 is 1.67 bits per heavy atom. The molecule has 3 rings (SSSR count). The molecule has 1 saturated heterocycles. The molecule has 42 heavy (non-hydrogen) atoms. The highest BCUT2D eigenvalue weighted by atomic mass is 16.6. The van der Waals surface area contributed by atoms with Gasteiger partial charge in [-0.2, -0.15) is 0 Å². The van der Waals surface area contributed by atoms with Crippen molar-refractivity contribution < 1.29 is 33.3 Å². The van der Waals surface area contributed by atoms with Gasteiger partial charge in [0.15, 0.2) is 11.5 Å². The third kappa shape index (κ3) is 8.52. The largest absolute Gasteiger partial charge is 0.493 e. The normalized spacial score (nSPS) is 20.5. The number of hydrogen-bond acceptors (Lipinski definition) is 7. The first-order valence-corrected chi connectivity index (χ1v) is 15.5. The number of carbonyl (C=O) groups excluding carboxylic acids is 2. The fraction of sp³-hybridized carbons (Fsp3) is 0.647. The van der Waals surface area contributed by atoms with Gasteiger partial charge in [0.05, 0.1) is 32.8 Å². The highest BCUT2D eigenvalue weighted by molar-refractivity contribution is 5.89. The molecule has 0 unspecified atom stereocenters. The van der Waals surface area contributed by atoms with Gasteiger partial charge in [-0.1, -0.05) is 38.3 Å². The van der Waals surface area contributed by atoms with E-state index in [0.29, 0.717) is 43.4 Å². The van der Waals surface area contributed by atoms with Crippen LogP contribution in [-0.4, -0.2) is 69.0 Å². The van der Waals surface area contributed by atoms with Crippen molar-refractivity contribution in [3.05, 3.63) is 43.0 Å². The Bertz CT molecular complexity index is 1050. The fourth-order valence-corrected chi connectivity index (χ4v) is 5.99. The molecule has 0 spiro atoms. The number of piperidine rings is 1. The summed E-state index contributed by atoms with van der Waals surface area (Å²) < 4.78 is 29.1. The van der Waals surface area contributed by atoms with Crippen molar-refractivity contribution in [2.24, 2.45) is 11.8 Å². The van der Waals surface area contributed by atoms with Gasteiger partial charge in [-0.3, -0.25) is 4.79 Å². The Hall–Kier alpha value is -3.00. The lowest BCUT2D eigenvalue weighted by Crippen LogP contribution is -2.51. The summed E-state index contributed by atoms with van der Waals surface area (Å²) in [5.41, 5.74) is 0.811. The van der Waals surface area contributed by atoms with E-state index in [2.05, 4.69) is 13.2 Å². The topological polar surface area (TPSA) is 83.5 Å². The van der Waals surface area contributed by atoms with Crippen molar-refractivity contribution in [3.8, 4) is 17.2 Å². The van der Waals surface area contributed by atoms with Crippen molar-refractivity contribution in [2.75, 3.05) is 34.0 Å². The Morgan fingerprint density at radius 1 is 0.976 bits per heavy atom. The monoisotopic (exact) mass is 585 g/mol. The lowest BCUT2D eigenvalue weighted by atomic mass is 9.75. The van der Waals surface area contributed by atoms with Crippen LogP contribution in [0.3, 0.4) is 0 Å². The zero-order chi connectivity index (χ0) is 30.6. The molecule has 1 aliphatic heterocycles. The SMILES string of the molecule is C=CCO[C@H](C)COc1cc([C@@H](C(=O)N2CCCC[C@H]2C(=O)O[C@H](C)[C@@H](C)C=C)C2CCCCC2)cc(OC)c1OC. The maximum absolute atomic E-state index is 14.6. The minimum atomic E-state index is -0.601. The highest BCUT2D eigenvalue weighted by Gasteiger charge is 2.41. The summed E-state index contributed by atoms with van der Waals surface area (Å²) in [5.74, 6) is 0.815. The number of amides is 1. The molecule has 1 saturated carbocycles. The molecule has 0 radical (unpaired) electrons. The molecule has 1 aromatic rings. The summed E-state index contributed by atoms with van der Waals surface area (Å²) in [5, 5.41) is 0. The van der Waals surface area contributed by atoms with Gasteiger partial charge >= 0.3 is 5.97 Å². The molecule has 1 amide bonds. The first-order valence-electron chi connectivity index (χ1n) is 15.5. The van der Waals surface area contributed by atoms with Crippen LogP contribution in [0, 0.1) is 11.8 Å². The minimum absolute atomic E-state index is 0.0201. The summed E-state index contributed by atoms with van der Waals surface area (Å²) in [4.78, 5) is 29.8. The van der Waals surface area contributed by atoms with Crippen LogP contribution in [0.2, 0.25) is 0 Å². The van der Waals surface area contributed by atoms with Gasteiger partial charge in [0, 0.05) is 12.5 Å². The summed E-state index contributed by atoms with van der Waals surface area (Å²) in [6.45, 7) is 14.5. The Balaban J connectivity index is 1.98. The predicted octanol–water partition coefficient (Wildman–Crippen LogP) is 6.47. The van der Waals surface area contributed by atoms with Gasteiger partial charge in [-0.25, -0.2) is 4.79 Å². The maximum Gasteiger partial charge on any atom is 0.329 e. The van der Waals surface area contributed by atoms with Crippen LogP contribution in [0.5, 0.6) is 17.2 Å². The summed E-state index contributed by atoms with van der Waals surface area (Å²) in [6.07, 6.45) is 10.5. The highest BCUT2D eigenvalue weighted by Crippen LogP contribution is 2.45. The number of rotatable bonds is 15. The van der Waals surface area contributed by atoms with Crippen LogP contribution >= 0.6 is 0 Å². The molecule has 8 heteroatoms. The molecule has 2 fully saturated rings. The Labute approximate surface area is 252 Å². The van der Waals surface area contributed by atoms with E-state index in [-0.39, 0.29) is 35.9 Å². The van der Waals surface area contributed by atoms with E-state index < -0.39 is 12.0 Å². The van der Waals surface area contributed by atoms with E-state index in [1.54, 1.807) is 31.3 Å². The minimum Gasteiger partial charge on any atom is -0.493 e. The molecule has 234 valence electrons. The molecule has 2 aliphatic rings. The molecule has 0 aromatic heterocycles. The van der Waals surface area contributed by atoms with E-state index in [1.807, 2.05) is 32.9 Å². The molecule has 8 nitrogen and oxygen atoms in total. The van der Waals surface area contributed by atoms with E-state index >= 15 is 0 Å². The summed E-state index contributed by atoms with van der Waals surface area (Å²) in [6, 6.07) is 3.20. The zero-order valence-corrected chi connectivity index (χ0v) is 26.3. The molecule has 0 bridgehead atoms. The number of ether oxygens (including phenoxy) is 5. The van der Waals surface area contributed by atoms with Crippen LogP contribution in [0.4, 0.5) is 0 Å². The first kappa shape index (κ1) is 33.5. The summed E-state index contributed by atoms with van der Waals surface area (Å²) >= 11 is 0. The quantitative estimate of drug-likeness (QED) is 0.172. The van der Waals surface area contributed by atoms with Crippen LogP contribution in [0.1, 0.15) is 83.6 Å². The van der Waals surface area contributed by atoms with Gasteiger partial charge in [0.1, 0.15) is 18.8 Å². The maximum atomic E-state index is 14.6. The Morgan fingerprint density at radius 3 is 2.31 bits per heavy atom. The van der Waals surface area contributed by atoms with E-state index in [9.17, 15) is 9.59 Å². The molecular weight excluding hydrogens is 534 g/mol. The number of nitrogens with zero attached hydrogens (tertiary/aromatic N) is 1. The van der Waals surface area contributed by atoms with Gasteiger partial charge in [0.2, 0.25) is 11.7 Å². The second-order valence-electron chi connectivity index (χ2n) is 11.7. The number of likely N-dealkylation sites (tertiary alicyclic amines) is 1. The molecule has 1 aliphatic carbocycles. The molecule has 0 N–H and O–H groups in total. The lowest BCUT2D eigenvalue weighted by molar-refractivity contribution is -0.163. The van der Waals surface area contributed by atoms with Crippen LogP contribution in [-0.2, 0) is 19.1 Å². The molecule has 1 aromatic carbocycles. The van der Waals surface area contributed by atoms with E-state index in [0.717, 1.165) is 44.1 Å². The van der Waals surface area contributed by atoms with E-state index in [4.69, 9.17) is 23.7 Å². The van der Waals surface area contributed by atoms with Gasteiger partial charge in [-0.15, -0.1) is 13.2 Å². The van der Waals surface area contributed by atoms with Crippen molar-refractivity contribution >= 4 is 11.9 Å². The van der Waals surface area contributed by atoms with Crippen molar-refractivity contribution in [1.82, 2.24) is 4.90 Å². The van der Waals surface area contributed by atoms with Gasteiger partial charge in [0.25, 0.3) is 0 Å². The average Bonchev–Trinajstić information content (AvgIpc) is 3.02. The Kier molecular flexibility index (Phi) is 13.2. The molecular formula is C34H51NO7. The third-order valence-corrected chi connectivity index (χ3v) is 8.66. The number of carbonyl (C=O) groups is 2. The third-order valence-electron chi connectivity index (χ3n) is 8.66. The first-order chi connectivity index (χ1) is 20.2. The van der Waals surface area contributed by atoms with Crippen molar-refractivity contribution in [3.63, 3.8) is 0 Å². The number of esters is 1. The zero-order valence-electron chi connectivity index (χ0n) is 26.3. The molecule has 1 heterocycles. The van der Waals surface area contributed by atoms with Gasteiger partial charge in [-0.05, 0) is 69.6 Å². The summed E-state index contributed by atoms with van der Waals surface area (Å²) in [7, 11) is 3.16. The van der Waals surface area contributed by atoms with E-state index in [1.165, 1.54) is 6.42 Å². The lowest BCUT2D eigenvalue weighted by Gasteiger charge is -2.40. The predicted molar refractivity (Wildman–Crippen MR) is 164 cm³/mol. The smallest absolute Gasteiger partial charge is 0.329 e. The average molecular weight is 586 g/mol. The second-order valence-corrected chi connectivity index (χ2v) is 11.7. The van der Waals surface area contributed by atoms with Crippen molar-refractivity contribution in [2.45, 2.75) is 96.3 Å². The molecule has 5 atom stereocenters. The van der Waals surface area contributed by atoms with Crippen LogP contribution in [0.25, 0.3) is 0 Å². The standard InChI is InChI=1S/C34H51NO7/c1-8-19-40-24(4)22-41-30-21-27(20-29(38-6)32(30)39-7)31(26-15-11-10-12-16-26)33(36)35-18-14-13-17-28(35)34(37)42-25(5)23(3)9-2/h8-9,20-21,23-26,28,31H,1-2,10-19,22H2,3-7H3/t23-,24+,25+,28-,31-/m0/s1. The van der Waals surface area contributed by atoms with Crippen molar-refractivity contribution in [1.29, 1.82) is 0 Å². The van der Waals surface area contributed by atoms with Gasteiger partial charge < -0.3 is 28.6 Å². The van der Waals surface area contributed by atoms with Crippen LogP contribution in [0.15, 0.2) is 37.4 Å². The number of hydrogen-bond donors (Lipinski definition) is 0. The number of benzene rings is 1. The second kappa shape index (κ2) is 16.6. The van der Waals surface area contributed by atoms with Crippen LogP contribution < -0.4 is 14.2 Å².